The number of ether oxygens (including phenoxy) is 2. The molecule has 7 nitrogen and oxygen atoms in total. The Hall–Kier alpha value is -3.35. The number of para-hydroxylation sites is 1. The lowest BCUT2D eigenvalue weighted by Crippen LogP contribution is -2.40. The van der Waals surface area contributed by atoms with Gasteiger partial charge in [-0.25, -0.2) is 4.98 Å². The first-order valence-electron chi connectivity index (χ1n) is 10.9. The van der Waals surface area contributed by atoms with Crippen molar-refractivity contribution in [1.29, 1.82) is 0 Å². The number of benzene rings is 2. The van der Waals surface area contributed by atoms with E-state index in [9.17, 15) is 4.79 Å². The number of aromatic nitrogens is 3. The second kappa shape index (κ2) is 8.79. The highest BCUT2D eigenvalue weighted by Gasteiger charge is 2.30. The molecular formula is C24H26N4O3. The fraction of sp³-hybridized carbons (Fsp3) is 0.375. The zero-order chi connectivity index (χ0) is 21.0. The Kier molecular flexibility index (Phi) is 5.56. The standard InChI is InChI=1S/C24H26N4O3/c29-22(16-30-19-8-10-21(11-9-19)31-20-4-2-1-3-5-20)28-14-12-18(13-15-28)24-25-23(26-27-24)17-6-7-17/h1-5,8-11,17-18H,6-7,12-16H2,(H,25,26,27). The second-order valence-electron chi connectivity index (χ2n) is 8.18. The van der Waals surface area contributed by atoms with Crippen LogP contribution in [0.15, 0.2) is 54.6 Å². The summed E-state index contributed by atoms with van der Waals surface area (Å²) in [5.41, 5.74) is 0. The molecule has 0 unspecified atom stereocenters. The lowest BCUT2D eigenvalue weighted by atomic mass is 9.96. The molecule has 1 aliphatic carbocycles. The van der Waals surface area contributed by atoms with Crippen LogP contribution in [-0.2, 0) is 4.79 Å². The van der Waals surface area contributed by atoms with E-state index < -0.39 is 0 Å². The molecule has 1 aromatic heterocycles. The van der Waals surface area contributed by atoms with E-state index in [0.717, 1.165) is 49.1 Å². The molecule has 1 amide bonds. The zero-order valence-corrected chi connectivity index (χ0v) is 17.4. The number of likely N-dealkylation sites (tertiary alicyclic amines) is 1. The minimum atomic E-state index is 0.0132. The highest BCUT2D eigenvalue weighted by Crippen LogP contribution is 2.38. The van der Waals surface area contributed by atoms with Crippen molar-refractivity contribution < 1.29 is 14.3 Å². The molecule has 7 heteroatoms. The van der Waals surface area contributed by atoms with Gasteiger partial charge in [0.15, 0.2) is 12.4 Å². The Balaban J connectivity index is 1.07. The third-order valence-electron chi connectivity index (χ3n) is 5.86. The average molecular weight is 418 g/mol. The van der Waals surface area contributed by atoms with Gasteiger partial charge in [0.05, 0.1) is 0 Å². The van der Waals surface area contributed by atoms with E-state index in [1.807, 2.05) is 59.5 Å². The first kappa shape index (κ1) is 19.6. The number of piperidine rings is 1. The Bertz CT molecular complexity index is 1010. The number of aromatic amines is 1. The molecule has 1 saturated carbocycles. The first-order valence-corrected chi connectivity index (χ1v) is 10.9. The quantitative estimate of drug-likeness (QED) is 0.620. The molecule has 5 rings (SSSR count). The van der Waals surface area contributed by atoms with Gasteiger partial charge >= 0.3 is 0 Å². The number of nitrogens with one attached hydrogen (secondary N) is 1. The monoisotopic (exact) mass is 418 g/mol. The summed E-state index contributed by atoms with van der Waals surface area (Å²) in [7, 11) is 0. The fourth-order valence-corrected chi connectivity index (χ4v) is 3.86. The topological polar surface area (TPSA) is 80.3 Å². The second-order valence-corrected chi connectivity index (χ2v) is 8.18. The van der Waals surface area contributed by atoms with Gasteiger partial charge in [0.2, 0.25) is 0 Å². The molecular weight excluding hydrogens is 392 g/mol. The van der Waals surface area contributed by atoms with Gasteiger partial charge in [0.25, 0.3) is 5.91 Å². The summed E-state index contributed by atoms with van der Waals surface area (Å²) in [6.45, 7) is 1.48. The van der Waals surface area contributed by atoms with Crippen LogP contribution < -0.4 is 9.47 Å². The smallest absolute Gasteiger partial charge is 0.260 e. The molecule has 1 N–H and O–H groups in total. The summed E-state index contributed by atoms with van der Waals surface area (Å²) in [6, 6.07) is 16.9. The Labute approximate surface area is 181 Å². The molecule has 1 aliphatic heterocycles. The lowest BCUT2D eigenvalue weighted by molar-refractivity contribution is -0.134. The minimum Gasteiger partial charge on any atom is -0.484 e. The van der Waals surface area contributed by atoms with Crippen molar-refractivity contribution in [1.82, 2.24) is 20.1 Å². The van der Waals surface area contributed by atoms with Crippen LogP contribution in [0.2, 0.25) is 0 Å². The first-order chi connectivity index (χ1) is 15.2. The van der Waals surface area contributed by atoms with Gasteiger partial charge < -0.3 is 14.4 Å². The number of nitrogens with zero attached hydrogens (tertiary/aromatic N) is 3. The number of carbonyl (C=O) groups excluding carboxylic acids is 1. The maximum absolute atomic E-state index is 12.6. The molecule has 1 saturated heterocycles. The van der Waals surface area contributed by atoms with Crippen molar-refractivity contribution in [3.05, 3.63) is 66.2 Å². The molecule has 31 heavy (non-hydrogen) atoms. The van der Waals surface area contributed by atoms with Crippen LogP contribution in [0.1, 0.15) is 49.2 Å². The van der Waals surface area contributed by atoms with E-state index in [0.29, 0.717) is 17.6 Å². The van der Waals surface area contributed by atoms with Crippen LogP contribution >= 0.6 is 0 Å². The molecule has 160 valence electrons. The Morgan fingerprint density at radius 3 is 2.29 bits per heavy atom. The van der Waals surface area contributed by atoms with Crippen molar-refractivity contribution in [2.75, 3.05) is 19.7 Å². The predicted molar refractivity (Wildman–Crippen MR) is 115 cm³/mol. The molecule has 2 heterocycles. The number of H-pyrrole nitrogens is 1. The van der Waals surface area contributed by atoms with Gasteiger partial charge in [-0.15, -0.1) is 0 Å². The number of amides is 1. The van der Waals surface area contributed by atoms with Crippen molar-refractivity contribution in [3.63, 3.8) is 0 Å². The van der Waals surface area contributed by atoms with E-state index in [1.165, 1.54) is 12.8 Å². The van der Waals surface area contributed by atoms with Gasteiger partial charge in [0, 0.05) is 24.9 Å². The lowest BCUT2D eigenvalue weighted by Gasteiger charge is -2.30. The van der Waals surface area contributed by atoms with Crippen LogP contribution in [0.5, 0.6) is 17.2 Å². The van der Waals surface area contributed by atoms with Gasteiger partial charge in [-0.05, 0) is 62.1 Å². The summed E-state index contributed by atoms with van der Waals surface area (Å²) in [5.74, 6) is 5.01. The molecule has 2 fully saturated rings. The van der Waals surface area contributed by atoms with Crippen molar-refractivity contribution in [2.24, 2.45) is 0 Å². The maximum Gasteiger partial charge on any atom is 0.260 e. The Morgan fingerprint density at radius 2 is 1.58 bits per heavy atom. The SMILES string of the molecule is O=C(COc1ccc(Oc2ccccc2)cc1)N1CCC(c2nc(C3CC3)n[nH]2)CC1. The van der Waals surface area contributed by atoms with E-state index in [1.54, 1.807) is 0 Å². The highest BCUT2D eigenvalue weighted by molar-refractivity contribution is 5.77. The summed E-state index contributed by atoms with van der Waals surface area (Å²) in [5, 5.41) is 7.46. The number of hydrogen-bond acceptors (Lipinski definition) is 5. The van der Waals surface area contributed by atoms with Crippen molar-refractivity contribution in [3.8, 4) is 17.2 Å². The molecule has 3 aromatic rings. The largest absolute Gasteiger partial charge is 0.484 e. The van der Waals surface area contributed by atoms with E-state index in [4.69, 9.17) is 9.47 Å². The van der Waals surface area contributed by atoms with Gasteiger partial charge in [-0.1, -0.05) is 18.2 Å². The zero-order valence-electron chi connectivity index (χ0n) is 17.4. The van der Waals surface area contributed by atoms with Crippen LogP contribution in [-0.4, -0.2) is 45.7 Å². The van der Waals surface area contributed by atoms with E-state index >= 15 is 0 Å². The van der Waals surface area contributed by atoms with Crippen LogP contribution in [0.25, 0.3) is 0 Å². The highest BCUT2D eigenvalue weighted by atomic mass is 16.5. The maximum atomic E-state index is 12.6. The minimum absolute atomic E-state index is 0.0132. The normalized spacial score (nSPS) is 16.8. The third-order valence-corrected chi connectivity index (χ3v) is 5.86. The molecule has 0 spiro atoms. The predicted octanol–water partition coefficient (Wildman–Crippen LogP) is 4.26. The van der Waals surface area contributed by atoms with E-state index in [2.05, 4.69) is 15.2 Å². The molecule has 0 bridgehead atoms. The van der Waals surface area contributed by atoms with Crippen molar-refractivity contribution in [2.45, 2.75) is 37.5 Å². The average Bonchev–Trinajstić information content (AvgIpc) is 3.56. The van der Waals surface area contributed by atoms with Crippen LogP contribution in [0.4, 0.5) is 0 Å². The fourth-order valence-electron chi connectivity index (χ4n) is 3.86. The van der Waals surface area contributed by atoms with Gasteiger partial charge in [0.1, 0.15) is 23.1 Å². The number of hydrogen-bond donors (Lipinski definition) is 1. The summed E-state index contributed by atoms with van der Waals surface area (Å²) in [6.07, 6.45) is 4.20. The molecule has 0 atom stereocenters. The summed E-state index contributed by atoms with van der Waals surface area (Å²) in [4.78, 5) is 19.1. The molecule has 2 aliphatic rings. The van der Waals surface area contributed by atoms with E-state index in [-0.39, 0.29) is 12.5 Å². The molecule has 0 radical (unpaired) electrons. The van der Waals surface area contributed by atoms with Crippen LogP contribution in [0, 0.1) is 0 Å². The summed E-state index contributed by atoms with van der Waals surface area (Å²) < 4.78 is 11.5. The molecule has 2 aromatic carbocycles. The number of carbonyl (C=O) groups is 1. The van der Waals surface area contributed by atoms with Crippen LogP contribution in [0.3, 0.4) is 0 Å². The van der Waals surface area contributed by atoms with Gasteiger partial charge in [-0.2, -0.15) is 5.10 Å². The Morgan fingerprint density at radius 1 is 0.903 bits per heavy atom. The summed E-state index contributed by atoms with van der Waals surface area (Å²) >= 11 is 0. The van der Waals surface area contributed by atoms with Crippen molar-refractivity contribution >= 4 is 5.91 Å². The third kappa shape index (κ3) is 4.87. The number of rotatable bonds is 7. The van der Waals surface area contributed by atoms with Gasteiger partial charge in [-0.3, -0.25) is 9.89 Å².